The molecule has 5 nitrogen and oxygen atoms in total. The van der Waals surface area contributed by atoms with Crippen LogP contribution in [-0.4, -0.2) is 67.1 Å². The van der Waals surface area contributed by atoms with Crippen LogP contribution in [0, 0.1) is 0 Å². The molecule has 98 valence electrons. The monoisotopic (exact) mass is 249 g/mol. The first-order valence-electron chi connectivity index (χ1n) is 6.24. The van der Waals surface area contributed by atoms with Crippen LogP contribution in [-0.2, 0) is 4.74 Å². The largest absolute Gasteiger partial charge is 0.461 e. The van der Waals surface area contributed by atoms with Crippen LogP contribution in [0.25, 0.3) is 0 Å². The van der Waals surface area contributed by atoms with Gasteiger partial charge in [-0.3, -0.25) is 9.88 Å². The summed E-state index contributed by atoms with van der Waals surface area (Å²) in [6.07, 6.45) is 3.19. The fourth-order valence-electron chi connectivity index (χ4n) is 1.91. The van der Waals surface area contributed by atoms with Crippen molar-refractivity contribution in [2.45, 2.75) is 0 Å². The van der Waals surface area contributed by atoms with Gasteiger partial charge in [-0.25, -0.2) is 4.79 Å². The zero-order valence-corrected chi connectivity index (χ0v) is 10.7. The fourth-order valence-corrected chi connectivity index (χ4v) is 1.91. The normalized spacial score (nSPS) is 17.6. The number of rotatable bonds is 4. The molecule has 1 fully saturated rings. The Morgan fingerprint density at radius 3 is 2.61 bits per heavy atom. The number of nitrogens with zero attached hydrogens (tertiary/aromatic N) is 3. The number of hydrogen-bond acceptors (Lipinski definition) is 5. The van der Waals surface area contributed by atoms with Gasteiger partial charge in [0.1, 0.15) is 6.61 Å². The molecule has 0 amide bonds. The number of hydrogen-bond donors (Lipinski definition) is 0. The maximum atomic E-state index is 11.7. The molecule has 0 saturated carbocycles. The van der Waals surface area contributed by atoms with Crippen LogP contribution in [0.4, 0.5) is 0 Å². The van der Waals surface area contributed by atoms with Crippen LogP contribution in [0.1, 0.15) is 10.4 Å². The van der Waals surface area contributed by atoms with Gasteiger partial charge in [0, 0.05) is 45.1 Å². The molecule has 0 radical (unpaired) electrons. The van der Waals surface area contributed by atoms with Gasteiger partial charge in [0.15, 0.2) is 0 Å². The molecule has 18 heavy (non-hydrogen) atoms. The standard InChI is InChI=1S/C13H19N3O2/c1-15-6-8-16(9-7-15)10-11-18-13(17)12-2-4-14-5-3-12/h2-5H,6-11H2,1H3. The molecule has 0 atom stereocenters. The Morgan fingerprint density at radius 2 is 1.94 bits per heavy atom. The lowest BCUT2D eigenvalue weighted by molar-refractivity contribution is 0.0432. The molecule has 1 saturated heterocycles. The van der Waals surface area contributed by atoms with Gasteiger partial charge in [-0.05, 0) is 19.2 Å². The highest BCUT2D eigenvalue weighted by molar-refractivity contribution is 5.89. The molecule has 5 heteroatoms. The zero-order chi connectivity index (χ0) is 12.8. The first kappa shape index (κ1) is 13.0. The third-order valence-corrected chi connectivity index (χ3v) is 3.15. The van der Waals surface area contributed by atoms with Crippen molar-refractivity contribution >= 4 is 5.97 Å². The van der Waals surface area contributed by atoms with Crippen LogP contribution in [0.2, 0.25) is 0 Å². The van der Waals surface area contributed by atoms with Crippen molar-refractivity contribution in [1.82, 2.24) is 14.8 Å². The Bertz CT molecular complexity index is 375. The van der Waals surface area contributed by atoms with E-state index in [1.807, 2.05) is 0 Å². The van der Waals surface area contributed by atoms with Gasteiger partial charge < -0.3 is 9.64 Å². The molecule has 0 aliphatic carbocycles. The van der Waals surface area contributed by atoms with E-state index in [1.54, 1.807) is 24.5 Å². The van der Waals surface area contributed by atoms with E-state index in [9.17, 15) is 4.79 Å². The van der Waals surface area contributed by atoms with E-state index in [2.05, 4.69) is 21.8 Å². The van der Waals surface area contributed by atoms with Gasteiger partial charge in [-0.15, -0.1) is 0 Å². The number of carbonyl (C=O) groups is 1. The quantitative estimate of drug-likeness (QED) is 0.727. The Balaban J connectivity index is 1.68. The van der Waals surface area contributed by atoms with Crippen molar-refractivity contribution in [2.24, 2.45) is 0 Å². The molecule has 2 heterocycles. The van der Waals surface area contributed by atoms with E-state index in [4.69, 9.17) is 4.74 Å². The first-order valence-corrected chi connectivity index (χ1v) is 6.24. The number of aromatic nitrogens is 1. The summed E-state index contributed by atoms with van der Waals surface area (Å²) in [5.74, 6) is -0.272. The minimum atomic E-state index is -0.272. The minimum absolute atomic E-state index is 0.272. The molecule has 0 bridgehead atoms. The van der Waals surface area contributed by atoms with E-state index < -0.39 is 0 Å². The zero-order valence-electron chi connectivity index (χ0n) is 10.7. The fraction of sp³-hybridized carbons (Fsp3) is 0.538. The molecule has 1 aromatic rings. The van der Waals surface area contributed by atoms with E-state index in [1.165, 1.54) is 0 Å². The lowest BCUT2D eigenvalue weighted by Gasteiger charge is -2.32. The second-order valence-electron chi connectivity index (χ2n) is 4.52. The summed E-state index contributed by atoms with van der Waals surface area (Å²) in [4.78, 5) is 20.2. The van der Waals surface area contributed by atoms with Gasteiger partial charge in [0.25, 0.3) is 0 Å². The second kappa shape index (κ2) is 6.47. The van der Waals surface area contributed by atoms with Crippen LogP contribution in [0.5, 0.6) is 0 Å². The molecule has 2 rings (SSSR count). The van der Waals surface area contributed by atoms with Crippen molar-refractivity contribution in [1.29, 1.82) is 0 Å². The van der Waals surface area contributed by atoms with Gasteiger partial charge in [0.05, 0.1) is 5.56 Å². The number of likely N-dealkylation sites (N-methyl/N-ethyl adjacent to an activating group) is 1. The van der Waals surface area contributed by atoms with Crippen LogP contribution < -0.4 is 0 Å². The summed E-state index contributed by atoms with van der Waals surface area (Å²) >= 11 is 0. The summed E-state index contributed by atoms with van der Waals surface area (Å²) in [5, 5.41) is 0. The topological polar surface area (TPSA) is 45.7 Å². The molecule has 1 aliphatic rings. The summed E-state index contributed by atoms with van der Waals surface area (Å²) in [7, 11) is 2.13. The molecule has 0 aromatic carbocycles. The third kappa shape index (κ3) is 3.78. The number of pyridine rings is 1. The highest BCUT2D eigenvalue weighted by Gasteiger charge is 2.14. The van der Waals surface area contributed by atoms with Gasteiger partial charge >= 0.3 is 5.97 Å². The number of piperazine rings is 1. The maximum absolute atomic E-state index is 11.7. The Kier molecular flexibility index (Phi) is 4.66. The van der Waals surface area contributed by atoms with Crippen LogP contribution in [0.3, 0.4) is 0 Å². The van der Waals surface area contributed by atoms with Crippen molar-refractivity contribution in [3.63, 3.8) is 0 Å². The van der Waals surface area contributed by atoms with Crippen molar-refractivity contribution < 1.29 is 9.53 Å². The number of esters is 1. The average Bonchev–Trinajstić information content (AvgIpc) is 2.42. The predicted molar refractivity (Wildman–Crippen MR) is 68.5 cm³/mol. The van der Waals surface area contributed by atoms with Gasteiger partial charge in [-0.1, -0.05) is 0 Å². The molecule has 0 N–H and O–H groups in total. The predicted octanol–water partition coefficient (Wildman–Crippen LogP) is 0.486. The third-order valence-electron chi connectivity index (χ3n) is 3.15. The lowest BCUT2D eigenvalue weighted by Crippen LogP contribution is -2.45. The molecular formula is C13H19N3O2. The Hall–Kier alpha value is -1.46. The van der Waals surface area contributed by atoms with Gasteiger partial charge in [-0.2, -0.15) is 0 Å². The maximum Gasteiger partial charge on any atom is 0.338 e. The highest BCUT2D eigenvalue weighted by atomic mass is 16.5. The highest BCUT2D eigenvalue weighted by Crippen LogP contribution is 2.01. The SMILES string of the molecule is CN1CCN(CCOC(=O)c2ccncc2)CC1. The molecule has 1 aliphatic heterocycles. The van der Waals surface area contributed by atoms with E-state index >= 15 is 0 Å². The Morgan fingerprint density at radius 1 is 1.28 bits per heavy atom. The molecular weight excluding hydrogens is 230 g/mol. The van der Waals surface area contributed by atoms with Crippen molar-refractivity contribution in [3.8, 4) is 0 Å². The summed E-state index contributed by atoms with van der Waals surface area (Å²) in [6, 6.07) is 3.33. The summed E-state index contributed by atoms with van der Waals surface area (Å²) < 4.78 is 5.24. The summed E-state index contributed by atoms with van der Waals surface area (Å²) in [6.45, 7) is 5.51. The molecule has 1 aromatic heterocycles. The van der Waals surface area contributed by atoms with E-state index in [0.29, 0.717) is 12.2 Å². The van der Waals surface area contributed by atoms with Crippen molar-refractivity contribution in [2.75, 3.05) is 46.4 Å². The van der Waals surface area contributed by atoms with Gasteiger partial charge in [0.2, 0.25) is 0 Å². The number of carbonyl (C=O) groups excluding carboxylic acids is 1. The van der Waals surface area contributed by atoms with E-state index in [0.717, 1.165) is 32.7 Å². The molecule has 0 spiro atoms. The lowest BCUT2D eigenvalue weighted by atomic mass is 10.3. The van der Waals surface area contributed by atoms with Crippen LogP contribution in [0.15, 0.2) is 24.5 Å². The van der Waals surface area contributed by atoms with E-state index in [-0.39, 0.29) is 5.97 Å². The Labute approximate surface area is 107 Å². The number of ether oxygens (including phenoxy) is 1. The summed E-state index contributed by atoms with van der Waals surface area (Å²) in [5.41, 5.74) is 0.559. The smallest absolute Gasteiger partial charge is 0.338 e. The second-order valence-corrected chi connectivity index (χ2v) is 4.52. The molecule has 0 unspecified atom stereocenters. The van der Waals surface area contributed by atoms with Crippen molar-refractivity contribution in [3.05, 3.63) is 30.1 Å². The first-order chi connectivity index (χ1) is 8.75. The minimum Gasteiger partial charge on any atom is -0.461 e. The van der Waals surface area contributed by atoms with Crippen LogP contribution >= 0.6 is 0 Å². The average molecular weight is 249 g/mol.